The van der Waals surface area contributed by atoms with Crippen LogP contribution in [0.4, 0.5) is 11.4 Å². The van der Waals surface area contributed by atoms with Crippen LogP contribution in [-0.4, -0.2) is 18.4 Å². The Balaban J connectivity index is 1.36. The minimum Gasteiger partial charge on any atom is -0.457 e. The SMILES string of the molecule is Cc1ccc(N2C[C@@H](C(=O)Nc3ccc(Oc4ccc(Cl)cc4)cc3)CC2=O)cc1. The standard InChI is InChI=1S/C24H21ClN2O3/c1-16-2-8-20(9-3-16)27-15-17(14-23(27)28)24(29)26-19-6-12-22(13-7-19)30-21-10-4-18(25)5-11-21/h2-13,17H,14-15H2,1H3,(H,26,29)/t17-/m0/s1. The summed E-state index contributed by atoms with van der Waals surface area (Å²) >= 11 is 5.88. The summed E-state index contributed by atoms with van der Waals surface area (Å²) in [6.45, 7) is 2.38. The summed E-state index contributed by atoms with van der Waals surface area (Å²) in [4.78, 5) is 26.7. The zero-order valence-electron chi connectivity index (χ0n) is 16.5. The molecule has 1 N–H and O–H groups in total. The molecule has 1 aliphatic rings. The van der Waals surface area contributed by atoms with E-state index in [1.165, 1.54) is 0 Å². The third-order valence-corrected chi connectivity index (χ3v) is 5.26. The minimum absolute atomic E-state index is 0.0364. The first-order valence-corrected chi connectivity index (χ1v) is 10.1. The molecule has 3 aromatic rings. The lowest BCUT2D eigenvalue weighted by atomic mass is 10.1. The Morgan fingerprint density at radius 2 is 1.57 bits per heavy atom. The van der Waals surface area contributed by atoms with E-state index in [0.29, 0.717) is 28.8 Å². The molecule has 3 aromatic carbocycles. The van der Waals surface area contributed by atoms with Crippen LogP contribution < -0.4 is 15.0 Å². The number of benzene rings is 3. The van der Waals surface area contributed by atoms with Gasteiger partial charge >= 0.3 is 0 Å². The number of ether oxygens (including phenoxy) is 1. The maximum absolute atomic E-state index is 12.7. The monoisotopic (exact) mass is 420 g/mol. The Bertz CT molecular complexity index is 1050. The van der Waals surface area contributed by atoms with Crippen LogP contribution in [0, 0.1) is 12.8 Å². The maximum atomic E-state index is 12.7. The molecule has 0 saturated carbocycles. The van der Waals surface area contributed by atoms with Crippen molar-refractivity contribution < 1.29 is 14.3 Å². The van der Waals surface area contributed by atoms with E-state index < -0.39 is 0 Å². The lowest BCUT2D eigenvalue weighted by Gasteiger charge is -2.17. The third kappa shape index (κ3) is 4.63. The Hall–Kier alpha value is -3.31. The second-order valence-electron chi connectivity index (χ2n) is 7.31. The molecule has 0 spiro atoms. The molecule has 152 valence electrons. The smallest absolute Gasteiger partial charge is 0.229 e. The number of rotatable bonds is 5. The summed E-state index contributed by atoms with van der Waals surface area (Å²) < 4.78 is 5.76. The number of hydrogen-bond acceptors (Lipinski definition) is 3. The quantitative estimate of drug-likeness (QED) is 0.598. The first-order valence-electron chi connectivity index (χ1n) is 9.69. The Kier molecular flexibility index (Phi) is 5.72. The molecule has 1 fully saturated rings. The fourth-order valence-corrected chi connectivity index (χ4v) is 3.47. The first-order chi connectivity index (χ1) is 14.5. The summed E-state index contributed by atoms with van der Waals surface area (Å²) in [6.07, 6.45) is 0.206. The highest BCUT2D eigenvalue weighted by Gasteiger charge is 2.35. The molecule has 0 unspecified atom stereocenters. The van der Waals surface area contributed by atoms with Gasteiger partial charge in [0.05, 0.1) is 5.92 Å². The molecule has 2 amide bonds. The molecule has 1 saturated heterocycles. The molecule has 0 aromatic heterocycles. The number of amides is 2. The fourth-order valence-electron chi connectivity index (χ4n) is 3.35. The minimum atomic E-state index is -0.385. The zero-order valence-corrected chi connectivity index (χ0v) is 17.2. The van der Waals surface area contributed by atoms with E-state index in [-0.39, 0.29) is 24.2 Å². The van der Waals surface area contributed by atoms with Gasteiger partial charge in [-0.3, -0.25) is 9.59 Å². The van der Waals surface area contributed by atoms with E-state index in [0.717, 1.165) is 11.3 Å². The molecule has 0 aliphatic carbocycles. The third-order valence-electron chi connectivity index (χ3n) is 5.01. The predicted molar refractivity (Wildman–Crippen MR) is 118 cm³/mol. The van der Waals surface area contributed by atoms with Crippen LogP contribution in [0.25, 0.3) is 0 Å². The van der Waals surface area contributed by atoms with Crippen LogP contribution in [0.15, 0.2) is 72.8 Å². The second kappa shape index (κ2) is 8.59. The van der Waals surface area contributed by atoms with Crippen LogP contribution in [0.2, 0.25) is 5.02 Å². The van der Waals surface area contributed by atoms with E-state index >= 15 is 0 Å². The van der Waals surface area contributed by atoms with Gasteiger partial charge in [-0.2, -0.15) is 0 Å². The van der Waals surface area contributed by atoms with Crippen LogP contribution in [-0.2, 0) is 9.59 Å². The lowest BCUT2D eigenvalue weighted by Crippen LogP contribution is -2.28. The molecular formula is C24H21ClN2O3. The predicted octanol–water partition coefficient (Wildman–Crippen LogP) is 5.43. The highest BCUT2D eigenvalue weighted by molar-refractivity contribution is 6.30. The summed E-state index contributed by atoms with van der Waals surface area (Å²) in [5.74, 6) is 0.743. The van der Waals surface area contributed by atoms with Crippen molar-refractivity contribution in [3.05, 3.63) is 83.4 Å². The molecule has 30 heavy (non-hydrogen) atoms. The maximum Gasteiger partial charge on any atom is 0.229 e. The number of halogens is 1. The average Bonchev–Trinajstić information content (AvgIpc) is 3.13. The van der Waals surface area contributed by atoms with Crippen LogP contribution in [0.5, 0.6) is 11.5 Å². The van der Waals surface area contributed by atoms with E-state index in [2.05, 4.69) is 5.32 Å². The zero-order chi connectivity index (χ0) is 21.1. The fraction of sp³-hybridized carbons (Fsp3) is 0.167. The topological polar surface area (TPSA) is 58.6 Å². The van der Waals surface area contributed by atoms with E-state index in [4.69, 9.17) is 16.3 Å². The van der Waals surface area contributed by atoms with Crippen LogP contribution >= 0.6 is 11.6 Å². The molecule has 1 atom stereocenters. The lowest BCUT2D eigenvalue weighted by molar-refractivity contribution is -0.122. The number of hydrogen-bond donors (Lipinski definition) is 1. The van der Waals surface area contributed by atoms with Gasteiger partial charge in [0.25, 0.3) is 0 Å². The molecule has 5 nitrogen and oxygen atoms in total. The van der Waals surface area contributed by atoms with Crippen LogP contribution in [0.3, 0.4) is 0 Å². The molecule has 0 radical (unpaired) electrons. The second-order valence-corrected chi connectivity index (χ2v) is 7.75. The summed E-state index contributed by atoms with van der Waals surface area (Å²) in [7, 11) is 0. The van der Waals surface area contributed by atoms with Gasteiger partial charge in [0.15, 0.2) is 0 Å². The van der Waals surface area contributed by atoms with Gasteiger partial charge in [-0.15, -0.1) is 0 Å². The van der Waals surface area contributed by atoms with Crippen LogP contribution in [0.1, 0.15) is 12.0 Å². The number of nitrogens with zero attached hydrogens (tertiary/aromatic N) is 1. The molecule has 1 aliphatic heterocycles. The van der Waals surface area contributed by atoms with Crippen molar-refractivity contribution in [2.24, 2.45) is 5.92 Å². The van der Waals surface area contributed by atoms with Crippen molar-refractivity contribution in [1.29, 1.82) is 0 Å². The Morgan fingerprint density at radius 1 is 0.967 bits per heavy atom. The Morgan fingerprint density at radius 3 is 2.20 bits per heavy atom. The number of carbonyl (C=O) groups is 2. The van der Waals surface area contributed by atoms with Gasteiger partial charge in [0.1, 0.15) is 11.5 Å². The van der Waals surface area contributed by atoms with Crippen molar-refractivity contribution >= 4 is 34.8 Å². The number of nitrogens with one attached hydrogen (secondary N) is 1. The Labute approximate surface area is 180 Å². The van der Waals surface area contributed by atoms with Gasteiger partial charge in [0.2, 0.25) is 11.8 Å². The summed E-state index contributed by atoms with van der Waals surface area (Å²) in [5, 5.41) is 3.54. The van der Waals surface area contributed by atoms with Gasteiger partial charge in [-0.1, -0.05) is 29.3 Å². The van der Waals surface area contributed by atoms with Crippen molar-refractivity contribution in [2.75, 3.05) is 16.8 Å². The van der Waals surface area contributed by atoms with Gasteiger partial charge < -0.3 is 15.0 Å². The van der Waals surface area contributed by atoms with E-state index in [1.54, 1.807) is 53.4 Å². The van der Waals surface area contributed by atoms with Crippen molar-refractivity contribution in [3.8, 4) is 11.5 Å². The van der Waals surface area contributed by atoms with E-state index in [9.17, 15) is 9.59 Å². The normalized spacial score (nSPS) is 15.9. The van der Waals surface area contributed by atoms with Gasteiger partial charge in [-0.05, 0) is 67.6 Å². The van der Waals surface area contributed by atoms with Crippen molar-refractivity contribution in [3.63, 3.8) is 0 Å². The molecular weight excluding hydrogens is 400 g/mol. The summed E-state index contributed by atoms with van der Waals surface area (Å²) in [6, 6.07) is 21.9. The first kappa shape index (κ1) is 20.0. The highest BCUT2D eigenvalue weighted by atomic mass is 35.5. The highest BCUT2D eigenvalue weighted by Crippen LogP contribution is 2.27. The van der Waals surface area contributed by atoms with Gasteiger partial charge in [-0.25, -0.2) is 0 Å². The average molecular weight is 421 g/mol. The van der Waals surface area contributed by atoms with E-state index in [1.807, 2.05) is 31.2 Å². The number of aryl methyl sites for hydroxylation is 1. The largest absolute Gasteiger partial charge is 0.457 e. The van der Waals surface area contributed by atoms with Crippen molar-refractivity contribution in [1.82, 2.24) is 0 Å². The van der Waals surface area contributed by atoms with Gasteiger partial charge in [0, 0.05) is 29.4 Å². The molecule has 0 bridgehead atoms. The molecule has 4 rings (SSSR count). The molecule has 6 heteroatoms. The number of anilines is 2. The number of carbonyl (C=O) groups excluding carboxylic acids is 2. The molecule has 1 heterocycles. The van der Waals surface area contributed by atoms with Crippen molar-refractivity contribution in [2.45, 2.75) is 13.3 Å². The summed E-state index contributed by atoms with van der Waals surface area (Å²) in [5.41, 5.74) is 2.61.